The molecule has 146 valence electrons. The van der Waals surface area contributed by atoms with Crippen LogP contribution in [0.1, 0.15) is 92.4 Å². The van der Waals surface area contributed by atoms with Crippen molar-refractivity contribution in [2.75, 3.05) is 33.0 Å². The van der Waals surface area contributed by atoms with Crippen LogP contribution >= 0.6 is 0 Å². The van der Waals surface area contributed by atoms with Gasteiger partial charge in [0.15, 0.2) is 0 Å². The third-order valence-electron chi connectivity index (χ3n) is 5.11. The maximum absolute atomic E-state index is 9.00. The Morgan fingerprint density at radius 1 is 0.625 bits per heavy atom. The zero-order valence-corrected chi connectivity index (χ0v) is 17.2. The molecule has 1 N–H and O–H groups in total. The first-order chi connectivity index (χ1) is 11.3. The Hall–Kier alpha value is -0.120. The van der Waals surface area contributed by atoms with Crippen LogP contribution < -0.4 is 0 Å². The van der Waals surface area contributed by atoms with Gasteiger partial charge in [0.05, 0.1) is 0 Å². The van der Waals surface area contributed by atoms with Crippen LogP contribution in [-0.2, 0) is 9.47 Å². The highest BCUT2D eigenvalue weighted by molar-refractivity contribution is 4.67. The van der Waals surface area contributed by atoms with Crippen molar-refractivity contribution in [1.29, 1.82) is 0 Å². The van der Waals surface area contributed by atoms with E-state index >= 15 is 0 Å². The molecule has 0 aromatic heterocycles. The molecule has 0 heterocycles. The van der Waals surface area contributed by atoms with Gasteiger partial charge in [0.2, 0.25) is 0 Å². The highest BCUT2D eigenvalue weighted by Crippen LogP contribution is 2.27. The zero-order valence-electron chi connectivity index (χ0n) is 17.2. The zero-order chi connectivity index (χ0) is 18.3. The Morgan fingerprint density at radius 2 is 1.08 bits per heavy atom. The van der Waals surface area contributed by atoms with E-state index in [1.54, 1.807) is 0 Å². The second-order valence-electron chi connectivity index (χ2n) is 8.65. The normalized spacial score (nSPS) is 12.8. The fraction of sp³-hybridized carbons (Fsp3) is 1.00. The molecule has 0 atom stereocenters. The molecule has 0 aliphatic heterocycles. The van der Waals surface area contributed by atoms with Crippen molar-refractivity contribution in [2.24, 2.45) is 10.8 Å². The smallest absolute Gasteiger partial charge is 0.0487 e. The highest BCUT2D eigenvalue weighted by Gasteiger charge is 2.16. The lowest BCUT2D eigenvalue weighted by atomic mass is 9.84. The summed E-state index contributed by atoms with van der Waals surface area (Å²) >= 11 is 0. The summed E-state index contributed by atoms with van der Waals surface area (Å²) < 4.78 is 11.3. The van der Waals surface area contributed by atoms with E-state index in [-0.39, 0.29) is 5.41 Å². The van der Waals surface area contributed by atoms with Crippen molar-refractivity contribution in [3.63, 3.8) is 0 Å². The quantitative estimate of drug-likeness (QED) is 0.349. The molecule has 0 fully saturated rings. The third kappa shape index (κ3) is 15.4. The molecule has 3 nitrogen and oxygen atoms in total. The van der Waals surface area contributed by atoms with Crippen molar-refractivity contribution in [3.8, 4) is 0 Å². The van der Waals surface area contributed by atoms with Gasteiger partial charge in [0, 0.05) is 33.0 Å². The lowest BCUT2D eigenvalue weighted by molar-refractivity contribution is 0.0774. The Morgan fingerprint density at radius 3 is 1.54 bits per heavy atom. The number of hydrogen-bond acceptors (Lipinski definition) is 3. The molecule has 0 saturated heterocycles. The van der Waals surface area contributed by atoms with Gasteiger partial charge >= 0.3 is 0 Å². The largest absolute Gasteiger partial charge is 0.396 e. The summed E-state index contributed by atoms with van der Waals surface area (Å²) in [5.41, 5.74) is 0.746. The minimum absolute atomic E-state index is 0.259. The Balaban J connectivity index is 3.24. The average molecular weight is 345 g/mol. The number of ether oxygens (including phenoxy) is 2. The summed E-state index contributed by atoms with van der Waals surface area (Å²) in [6.07, 6.45) is 10.3. The van der Waals surface area contributed by atoms with Crippen molar-refractivity contribution in [2.45, 2.75) is 92.4 Å². The maximum Gasteiger partial charge on any atom is 0.0487 e. The minimum Gasteiger partial charge on any atom is -0.396 e. The van der Waals surface area contributed by atoms with Crippen LogP contribution in [0, 0.1) is 10.8 Å². The monoisotopic (exact) mass is 344 g/mol. The molecule has 0 amide bonds. The van der Waals surface area contributed by atoms with Crippen LogP contribution in [0.25, 0.3) is 0 Å². The van der Waals surface area contributed by atoms with Gasteiger partial charge in [-0.05, 0) is 49.4 Å². The maximum atomic E-state index is 9.00. The molecular formula is C21H44O3. The number of hydrogen-bond donors (Lipinski definition) is 1. The van der Waals surface area contributed by atoms with Gasteiger partial charge in [-0.2, -0.15) is 0 Å². The van der Waals surface area contributed by atoms with Gasteiger partial charge in [-0.3, -0.25) is 0 Å². The molecular weight excluding hydrogens is 300 g/mol. The van der Waals surface area contributed by atoms with Crippen LogP contribution in [-0.4, -0.2) is 38.1 Å². The van der Waals surface area contributed by atoms with Crippen molar-refractivity contribution < 1.29 is 14.6 Å². The number of aliphatic hydroxyl groups is 1. The van der Waals surface area contributed by atoms with Crippen LogP contribution in [0.5, 0.6) is 0 Å². The molecule has 0 spiro atoms. The summed E-state index contributed by atoms with van der Waals surface area (Å²) in [6, 6.07) is 0. The Labute approximate surface area is 151 Å². The summed E-state index contributed by atoms with van der Waals surface area (Å²) in [5.74, 6) is 0. The van der Waals surface area contributed by atoms with E-state index in [2.05, 4.69) is 34.6 Å². The van der Waals surface area contributed by atoms with Crippen molar-refractivity contribution in [3.05, 3.63) is 0 Å². The molecule has 3 heteroatoms. The van der Waals surface area contributed by atoms with Crippen LogP contribution in [0.3, 0.4) is 0 Å². The molecule has 0 radical (unpaired) electrons. The summed E-state index contributed by atoms with van der Waals surface area (Å²) in [5, 5.41) is 9.00. The van der Waals surface area contributed by atoms with E-state index in [1.807, 2.05) is 0 Å². The van der Waals surface area contributed by atoms with E-state index < -0.39 is 0 Å². The molecule has 0 saturated carbocycles. The second kappa shape index (κ2) is 14.1. The van der Waals surface area contributed by atoms with Gasteiger partial charge < -0.3 is 14.6 Å². The van der Waals surface area contributed by atoms with Crippen LogP contribution in [0.4, 0.5) is 0 Å². The van der Waals surface area contributed by atoms with Gasteiger partial charge in [-0.25, -0.2) is 0 Å². The van der Waals surface area contributed by atoms with E-state index in [9.17, 15) is 0 Å². The van der Waals surface area contributed by atoms with E-state index in [0.29, 0.717) is 12.0 Å². The first kappa shape index (κ1) is 23.9. The molecule has 0 aliphatic carbocycles. The number of aliphatic hydroxyl groups excluding tert-OH is 1. The van der Waals surface area contributed by atoms with Crippen LogP contribution in [0.2, 0.25) is 0 Å². The molecule has 0 aromatic carbocycles. The fourth-order valence-corrected chi connectivity index (χ4v) is 2.69. The van der Waals surface area contributed by atoms with E-state index in [1.165, 1.54) is 32.1 Å². The molecule has 24 heavy (non-hydrogen) atoms. The predicted molar refractivity (Wildman–Crippen MR) is 104 cm³/mol. The molecule has 0 aromatic rings. The van der Waals surface area contributed by atoms with E-state index in [0.717, 1.165) is 52.1 Å². The fourth-order valence-electron chi connectivity index (χ4n) is 2.69. The van der Waals surface area contributed by atoms with Crippen LogP contribution in [0.15, 0.2) is 0 Å². The molecule has 0 unspecified atom stereocenters. The molecule has 0 rings (SSSR count). The first-order valence-corrected chi connectivity index (χ1v) is 10.1. The Kier molecular flexibility index (Phi) is 14.0. The Bertz CT molecular complexity index is 274. The lowest BCUT2D eigenvalue weighted by Crippen LogP contribution is -2.13. The average Bonchev–Trinajstić information content (AvgIpc) is 2.51. The number of unbranched alkanes of at least 4 members (excludes halogenated alkanes) is 2. The van der Waals surface area contributed by atoms with Gasteiger partial charge in [-0.1, -0.05) is 53.9 Å². The SMILES string of the molecule is CCC(C)(C)CCCCOCCCOCCCCC(C)(C)CCO. The first-order valence-electron chi connectivity index (χ1n) is 10.1. The summed E-state index contributed by atoms with van der Waals surface area (Å²) in [4.78, 5) is 0. The second-order valence-corrected chi connectivity index (χ2v) is 8.65. The highest BCUT2D eigenvalue weighted by atomic mass is 16.5. The summed E-state index contributed by atoms with van der Waals surface area (Å²) in [7, 11) is 0. The third-order valence-corrected chi connectivity index (χ3v) is 5.11. The minimum atomic E-state index is 0.259. The molecule has 0 bridgehead atoms. The van der Waals surface area contributed by atoms with E-state index in [4.69, 9.17) is 14.6 Å². The summed E-state index contributed by atoms with van der Waals surface area (Å²) in [6.45, 7) is 15.1. The number of rotatable bonds is 17. The van der Waals surface area contributed by atoms with Gasteiger partial charge in [0.1, 0.15) is 0 Å². The predicted octanol–water partition coefficient (Wildman–Crippen LogP) is 5.60. The van der Waals surface area contributed by atoms with Crippen molar-refractivity contribution >= 4 is 0 Å². The van der Waals surface area contributed by atoms with Crippen molar-refractivity contribution in [1.82, 2.24) is 0 Å². The van der Waals surface area contributed by atoms with Gasteiger partial charge in [0.25, 0.3) is 0 Å². The molecule has 0 aliphatic rings. The van der Waals surface area contributed by atoms with Gasteiger partial charge in [-0.15, -0.1) is 0 Å². The standard InChI is InChI=1S/C21H44O3/c1-6-20(2,3)12-7-9-16-23-18-11-19-24-17-10-8-13-21(4,5)14-15-22/h22H,6-19H2,1-5H3. The topological polar surface area (TPSA) is 38.7 Å². The lowest BCUT2D eigenvalue weighted by Gasteiger charge is -2.23.